The fraction of sp³-hybridized carbons (Fsp3) is 0.833. The van der Waals surface area contributed by atoms with Gasteiger partial charge in [-0.15, -0.1) is 0 Å². The van der Waals surface area contributed by atoms with Gasteiger partial charge in [0.25, 0.3) is 0 Å². The molecule has 0 bridgehead atoms. The fourth-order valence-corrected chi connectivity index (χ4v) is 8.23. The van der Waals surface area contributed by atoms with Crippen LogP contribution in [0, 0.1) is 28.6 Å². The van der Waals surface area contributed by atoms with Crippen LogP contribution in [0.2, 0.25) is 0 Å². The zero-order valence-electron chi connectivity index (χ0n) is 16.4. The molecule has 4 aliphatic carbocycles. The molecule has 3 saturated carbocycles. The Kier molecular flexibility index (Phi) is 6.05. The van der Waals surface area contributed by atoms with Crippen LogP contribution in [0.4, 0.5) is 0 Å². The van der Waals surface area contributed by atoms with E-state index in [1.807, 2.05) is 5.57 Å². The lowest BCUT2D eigenvalue weighted by molar-refractivity contribution is -0.0251. The second-order valence-corrected chi connectivity index (χ2v) is 11.1. The molecule has 3 unspecified atom stereocenters. The van der Waals surface area contributed by atoms with Crippen molar-refractivity contribution in [1.29, 1.82) is 0 Å². The van der Waals surface area contributed by atoms with Crippen LogP contribution in [-0.2, 0) is 0 Å². The first-order valence-corrected chi connectivity index (χ1v) is 11.7. The number of rotatable bonds is 4. The average Bonchev–Trinajstić information content (AvgIpc) is 2.90. The molecule has 0 aromatic heterocycles. The van der Waals surface area contributed by atoms with Crippen molar-refractivity contribution in [1.82, 2.24) is 0 Å². The zero-order chi connectivity index (χ0) is 17.7. The molecule has 4 rings (SSSR count). The van der Waals surface area contributed by atoms with Gasteiger partial charge in [-0.05, 0) is 98.7 Å². The average molecular weight is 376 g/mol. The highest BCUT2D eigenvalue weighted by Gasteiger charge is 2.57. The Bertz CT molecular complexity index is 567. The van der Waals surface area contributed by atoms with E-state index < -0.39 is 0 Å². The minimum Gasteiger partial charge on any atom is -0.330 e. The van der Waals surface area contributed by atoms with E-state index in [-0.39, 0.29) is 7.43 Å². The number of fused-ring (bicyclic) bond motifs is 5. The Labute approximate surface area is 166 Å². The normalized spacial score (nSPS) is 44.4. The van der Waals surface area contributed by atoms with Gasteiger partial charge in [0.2, 0.25) is 0 Å². The molecule has 0 heterocycles. The van der Waals surface area contributed by atoms with Crippen LogP contribution in [0.15, 0.2) is 23.8 Å². The summed E-state index contributed by atoms with van der Waals surface area (Å²) in [5, 5.41) is 0.756. The second-order valence-electron chi connectivity index (χ2n) is 9.71. The van der Waals surface area contributed by atoms with E-state index in [1.165, 1.54) is 57.1 Å². The summed E-state index contributed by atoms with van der Waals surface area (Å²) in [6.07, 6.45) is 15.0. The van der Waals surface area contributed by atoms with E-state index in [1.54, 1.807) is 5.57 Å². The van der Waals surface area contributed by atoms with Crippen LogP contribution in [0.25, 0.3) is 0 Å². The summed E-state index contributed by atoms with van der Waals surface area (Å²) in [5.41, 5.74) is 10.0. The molecule has 0 saturated heterocycles. The predicted molar refractivity (Wildman–Crippen MR) is 117 cm³/mol. The van der Waals surface area contributed by atoms with Crippen molar-refractivity contribution in [2.24, 2.45) is 34.3 Å². The zero-order valence-corrected chi connectivity index (χ0v) is 17.2. The molecule has 4 aliphatic rings. The molecule has 0 aromatic rings. The van der Waals surface area contributed by atoms with Crippen molar-refractivity contribution in [2.45, 2.75) is 84.3 Å². The lowest BCUT2D eigenvalue weighted by Crippen LogP contribution is -2.49. The maximum absolute atomic E-state index is 5.67. The van der Waals surface area contributed by atoms with Gasteiger partial charge in [0, 0.05) is 5.25 Å². The Morgan fingerprint density at radius 2 is 1.81 bits per heavy atom. The molecule has 2 heteroatoms. The lowest BCUT2D eigenvalue weighted by Gasteiger charge is -2.58. The molecule has 148 valence electrons. The summed E-state index contributed by atoms with van der Waals surface area (Å²) in [7, 11) is 0. The fourth-order valence-electron chi connectivity index (χ4n) is 7.05. The van der Waals surface area contributed by atoms with Gasteiger partial charge < -0.3 is 5.73 Å². The Morgan fingerprint density at radius 3 is 2.58 bits per heavy atom. The van der Waals surface area contributed by atoms with Crippen LogP contribution in [0.5, 0.6) is 0 Å². The van der Waals surface area contributed by atoms with Crippen molar-refractivity contribution in [2.75, 3.05) is 12.3 Å². The first-order valence-electron chi connectivity index (χ1n) is 10.7. The maximum Gasteiger partial charge on any atom is 0.0230 e. The molecule has 3 fully saturated rings. The number of nitrogens with two attached hydrogens (primary N) is 1. The van der Waals surface area contributed by atoms with E-state index in [2.05, 4.69) is 38.3 Å². The van der Waals surface area contributed by atoms with E-state index in [4.69, 9.17) is 5.73 Å². The molecule has 2 N–H and O–H groups in total. The molecule has 0 aliphatic heterocycles. The highest BCUT2D eigenvalue weighted by Crippen LogP contribution is 2.66. The Hall–Kier alpha value is -0.210. The van der Waals surface area contributed by atoms with Crippen LogP contribution in [-0.4, -0.2) is 17.5 Å². The summed E-state index contributed by atoms with van der Waals surface area (Å²) in [6, 6.07) is 0. The predicted octanol–water partition coefficient (Wildman–Crippen LogP) is 6.59. The monoisotopic (exact) mass is 375 g/mol. The van der Waals surface area contributed by atoms with Crippen molar-refractivity contribution in [3.05, 3.63) is 23.8 Å². The van der Waals surface area contributed by atoms with Gasteiger partial charge in [-0.2, -0.15) is 11.8 Å². The summed E-state index contributed by atoms with van der Waals surface area (Å²) < 4.78 is 0. The highest BCUT2D eigenvalue weighted by molar-refractivity contribution is 8.00. The van der Waals surface area contributed by atoms with Gasteiger partial charge >= 0.3 is 0 Å². The first kappa shape index (κ1) is 20.5. The highest BCUT2D eigenvalue weighted by atomic mass is 32.2. The Morgan fingerprint density at radius 1 is 1.08 bits per heavy atom. The third-order valence-electron chi connectivity index (χ3n) is 8.71. The summed E-state index contributed by atoms with van der Waals surface area (Å²) in [5.74, 6) is 4.05. The number of hydrogen-bond donors (Lipinski definition) is 1. The molecule has 26 heavy (non-hydrogen) atoms. The Balaban J connectivity index is 0.00000196. The van der Waals surface area contributed by atoms with Gasteiger partial charge in [0.1, 0.15) is 0 Å². The van der Waals surface area contributed by atoms with Gasteiger partial charge in [0.05, 0.1) is 0 Å². The van der Waals surface area contributed by atoms with Gasteiger partial charge in [-0.1, -0.05) is 45.1 Å². The van der Waals surface area contributed by atoms with Gasteiger partial charge in [-0.3, -0.25) is 0 Å². The number of hydrogen-bond acceptors (Lipinski definition) is 2. The van der Waals surface area contributed by atoms with Crippen LogP contribution < -0.4 is 5.73 Å². The quantitative estimate of drug-likeness (QED) is 0.443. The van der Waals surface area contributed by atoms with Crippen molar-refractivity contribution in [3.63, 3.8) is 0 Å². The van der Waals surface area contributed by atoms with E-state index in [0.29, 0.717) is 10.8 Å². The van der Waals surface area contributed by atoms with Gasteiger partial charge in [-0.25, -0.2) is 0 Å². The van der Waals surface area contributed by atoms with E-state index in [9.17, 15) is 0 Å². The smallest absolute Gasteiger partial charge is 0.0230 e. The summed E-state index contributed by atoms with van der Waals surface area (Å²) in [4.78, 5) is 0. The molecule has 1 nitrogen and oxygen atoms in total. The minimum absolute atomic E-state index is 0. The van der Waals surface area contributed by atoms with E-state index >= 15 is 0 Å². The lowest BCUT2D eigenvalue weighted by atomic mass is 9.47. The van der Waals surface area contributed by atoms with E-state index in [0.717, 1.165) is 36.0 Å². The molecule has 0 amide bonds. The van der Waals surface area contributed by atoms with Crippen LogP contribution >= 0.6 is 11.8 Å². The molecular formula is C24H41NS. The molecule has 0 spiro atoms. The van der Waals surface area contributed by atoms with Crippen LogP contribution in [0.1, 0.15) is 79.1 Å². The second kappa shape index (κ2) is 7.66. The first-order chi connectivity index (χ1) is 12.0. The van der Waals surface area contributed by atoms with Crippen LogP contribution in [0.3, 0.4) is 0 Å². The molecule has 6 atom stereocenters. The molecule has 0 aromatic carbocycles. The third-order valence-corrected chi connectivity index (χ3v) is 10.0. The largest absolute Gasteiger partial charge is 0.330 e. The van der Waals surface area contributed by atoms with Gasteiger partial charge in [0.15, 0.2) is 0 Å². The topological polar surface area (TPSA) is 26.0 Å². The van der Waals surface area contributed by atoms with Crippen molar-refractivity contribution >= 4 is 11.8 Å². The molecular weight excluding hydrogens is 334 g/mol. The molecule has 0 radical (unpaired) electrons. The van der Waals surface area contributed by atoms with Crippen molar-refractivity contribution < 1.29 is 0 Å². The summed E-state index contributed by atoms with van der Waals surface area (Å²) in [6.45, 7) is 10.5. The number of thioether (sulfide) groups is 1. The maximum atomic E-state index is 5.67. The SMILES string of the molecule is C.C=C1CCC2C3CCC4=C[C@H](SCCCN)CC[C@]4(C)C3CC[C@]12C. The summed E-state index contributed by atoms with van der Waals surface area (Å²) >= 11 is 2.15. The third kappa shape index (κ3) is 3.13. The van der Waals surface area contributed by atoms with Crippen molar-refractivity contribution in [3.8, 4) is 0 Å². The minimum atomic E-state index is 0. The number of allylic oxidation sites excluding steroid dienone is 2. The standard InChI is InChI=1S/C23H37NS.CH4/c1-16-5-8-20-19-7-6-17-15-18(25-14-4-13-24)9-11-23(17,3)21(19)10-12-22(16,20)2;/h15,18-21H,1,4-14,24H2,2-3H3;1H4/t18-,19?,20?,21?,22-,23+;/m1./s1.